The fraction of sp³-hybridized carbons (Fsp3) is 0.769. The molecule has 2 nitrogen and oxygen atoms in total. The summed E-state index contributed by atoms with van der Waals surface area (Å²) in [4.78, 5) is 11.8. The zero-order valence-corrected chi connectivity index (χ0v) is 10.4. The summed E-state index contributed by atoms with van der Waals surface area (Å²) in [5.41, 5.74) is 0.265. The van der Waals surface area contributed by atoms with Gasteiger partial charge in [0, 0.05) is 18.9 Å². The number of carbonyl (C=O) groups is 1. The molecule has 1 aliphatic carbocycles. The molecule has 0 aliphatic heterocycles. The molecule has 0 bridgehead atoms. The van der Waals surface area contributed by atoms with Gasteiger partial charge >= 0.3 is 0 Å². The molecular weight excluding hydrogens is 186 g/mol. The molecule has 1 fully saturated rings. The molecule has 15 heavy (non-hydrogen) atoms. The molecule has 1 saturated carbocycles. The molecule has 0 radical (unpaired) electrons. The lowest BCUT2D eigenvalue weighted by Crippen LogP contribution is -2.28. The minimum Gasteiger partial charge on any atom is -0.355 e. The fourth-order valence-electron chi connectivity index (χ4n) is 2.33. The highest BCUT2D eigenvalue weighted by molar-refractivity contribution is 5.84. The highest BCUT2D eigenvalue weighted by Crippen LogP contribution is 2.68. The van der Waals surface area contributed by atoms with E-state index in [1.54, 1.807) is 0 Å². The molecule has 0 heterocycles. The quantitative estimate of drug-likeness (QED) is 0.558. The van der Waals surface area contributed by atoms with Crippen LogP contribution in [-0.4, -0.2) is 12.5 Å². The Hall–Kier alpha value is -0.970. The van der Waals surface area contributed by atoms with Crippen LogP contribution in [0.15, 0.2) is 0 Å². The first-order valence-corrected chi connectivity index (χ1v) is 5.53. The van der Waals surface area contributed by atoms with E-state index in [-0.39, 0.29) is 22.7 Å². The Morgan fingerprint density at radius 2 is 1.80 bits per heavy atom. The van der Waals surface area contributed by atoms with Crippen LogP contribution in [0, 0.1) is 28.6 Å². The van der Waals surface area contributed by atoms with Crippen LogP contribution in [0.3, 0.4) is 0 Å². The summed E-state index contributed by atoms with van der Waals surface area (Å²) in [6, 6.07) is 0. The third kappa shape index (κ3) is 2.02. The van der Waals surface area contributed by atoms with Crippen molar-refractivity contribution in [1.29, 1.82) is 0 Å². The van der Waals surface area contributed by atoms with Crippen LogP contribution in [0.1, 0.15) is 41.0 Å². The van der Waals surface area contributed by atoms with Gasteiger partial charge in [0.05, 0.1) is 0 Å². The first-order valence-electron chi connectivity index (χ1n) is 5.53. The van der Waals surface area contributed by atoms with Gasteiger partial charge in [-0.1, -0.05) is 27.7 Å². The van der Waals surface area contributed by atoms with Gasteiger partial charge in [-0.2, -0.15) is 0 Å². The number of rotatable bonds is 3. The standard InChI is InChI=1S/C13H21NO/c1-6-7-8-9-14-11(15)10-12(2,3)13(10,4)5/h10H,8-9H2,1-5H3,(H,14,15). The van der Waals surface area contributed by atoms with Crippen LogP contribution in [0.5, 0.6) is 0 Å². The van der Waals surface area contributed by atoms with Crippen molar-refractivity contribution in [2.45, 2.75) is 41.0 Å². The summed E-state index contributed by atoms with van der Waals surface area (Å²) in [5, 5.41) is 2.95. The summed E-state index contributed by atoms with van der Waals surface area (Å²) in [6.45, 7) is 11.1. The Bertz CT molecular complexity index is 303. The minimum absolute atomic E-state index is 0.132. The largest absolute Gasteiger partial charge is 0.355 e. The van der Waals surface area contributed by atoms with E-state index < -0.39 is 0 Å². The average Bonchev–Trinajstić information content (AvgIpc) is 2.51. The van der Waals surface area contributed by atoms with Crippen molar-refractivity contribution in [3.05, 3.63) is 0 Å². The molecule has 1 amide bonds. The van der Waals surface area contributed by atoms with Crippen LogP contribution < -0.4 is 5.32 Å². The second-order valence-electron chi connectivity index (χ2n) is 5.34. The van der Waals surface area contributed by atoms with Crippen LogP contribution in [0.25, 0.3) is 0 Å². The van der Waals surface area contributed by atoms with E-state index in [0.29, 0.717) is 6.54 Å². The SMILES string of the molecule is CC#CCCNC(=O)C1C(C)(C)C1(C)C. The van der Waals surface area contributed by atoms with Gasteiger partial charge in [-0.05, 0) is 17.8 Å². The molecule has 0 saturated heterocycles. The topological polar surface area (TPSA) is 29.1 Å². The first-order chi connectivity index (χ1) is 6.85. The van der Waals surface area contributed by atoms with Crippen molar-refractivity contribution >= 4 is 5.91 Å². The van der Waals surface area contributed by atoms with Crippen molar-refractivity contribution in [1.82, 2.24) is 5.32 Å². The van der Waals surface area contributed by atoms with E-state index >= 15 is 0 Å². The van der Waals surface area contributed by atoms with E-state index in [4.69, 9.17) is 0 Å². The molecule has 0 aromatic carbocycles. The fourth-order valence-corrected chi connectivity index (χ4v) is 2.33. The Kier molecular flexibility index (Phi) is 3.13. The third-order valence-corrected chi connectivity index (χ3v) is 4.01. The zero-order valence-electron chi connectivity index (χ0n) is 10.4. The van der Waals surface area contributed by atoms with Crippen molar-refractivity contribution in [3.8, 4) is 11.8 Å². The van der Waals surface area contributed by atoms with E-state index in [9.17, 15) is 4.79 Å². The van der Waals surface area contributed by atoms with Crippen molar-refractivity contribution in [3.63, 3.8) is 0 Å². The molecule has 0 atom stereocenters. The highest BCUT2D eigenvalue weighted by atomic mass is 16.2. The van der Waals surface area contributed by atoms with Crippen LogP contribution >= 0.6 is 0 Å². The maximum atomic E-state index is 11.8. The van der Waals surface area contributed by atoms with Gasteiger partial charge in [-0.15, -0.1) is 11.8 Å². The lowest BCUT2D eigenvalue weighted by atomic mass is 10.0. The Balaban J connectivity index is 2.40. The van der Waals surface area contributed by atoms with E-state index in [1.807, 2.05) is 6.92 Å². The molecule has 0 unspecified atom stereocenters. The number of nitrogens with one attached hydrogen (secondary N) is 1. The lowest BCUT2D eigenvalue weighted by Gasteiger charge is -2.03. The van der Waals surface area contributed by atoms with E-state index in [1.165, 1.54) is 0 Å². The summed E-state index contributed by atoms with van der Waals surface area (Å²) in [7, 11) is 0. The molecule has 0 aromatic rings. The smallest absolute Gasteiger partial charge is 0.224 e. The number of amides is 1. The molecule has 1 rings (SSSR count). The van der Waals surface area contributed by atoms with Gasteiger partial charge in [0.2, 0.25) is 5.91 Å². The second-order valence-corrected chi connectivity index (χ2v) is 5.34. The molecule has 1 aliphatic rings. The van der Waals surface area contributed by atoms with Crippen LogP contribution in [-0.2, 0) is 4.79 Å². The Morgan fingerprint density at radius 3 is 2.20 bits per heavy atom. The van der Waals surface area contributed by atoms with E-state index in [0.717, 1.165) is 6.42 Å². The number of carbonyl (C=O) groups excluding carboxylic acids is 1. The van der Waals surface area contributed by atoms with Gasteiger partial charge in [0.1, 0.15) is 0 Å². The average molecular weight is 207 g/mol. The molecule has 2 heteroatoms. The van der Waals surface area contributed by atoms with Gasteiger partial charge in [0.25, 0.3) is 0 Å². The van der Waals surface area contributed by atoms with Gasteiger partial charge in [-0.25, -0.2) is 0 Å². The molecule has 0 spiro atoms. The second kappa shape index (κ2) is 3.89. The predicted molar refractivity (Wildman–Crippen MR) is 62.1 cm³/mol. The van der Waals surface area contributed by atoms with Crippen molar-refractivity contribution < 1.29 is 4.79 Å². The van der Waals surface area contributed by atoms with E-state index in [2.05, 4.69) is 44.9 Å². The summed E-state index contributed by atoms with van der Waals surface area (Å²) in [6.07, 6.45) is 0.746. The lowest BCUT2D eigenvalue weighted by molar-refractivity contribution is -0.123. The van der Waals surface area contributed by atoms with Crippen LogP contribution in [0.2, 0.25) is 0 Å². The zero-order chi connectivity index (χ0) is 11.7. The summed E-state index contributed by atoms with van der Waals surface area (Å²) >= 11 is 0. The molecular formula is C13H21NO. The maximum absolute atomic E-state index is 11.8. The van der Waals surface area contributed by atoms with Crippen molar-refractivity contribution in [2.24, 2.45) is 16.7 Å². The Labute approximate surface area is 92.8 Å². The summed E-state index contributed by atoms with van der Waals surface area (Å²) in [5.74, 6) is 6.09. The van der Waals surface area contributed by atoms with Crippen molar-refractivity contribution in [2.75, 3.05) is 6.54 Å². The Morgan fingerprint density at radius 1 is 1.27 bits per heavy atom. The third-order valence-electron chi connectivity index (χ3n) is 4.01. The number of hydrogen-bond donors (Lipinski definition) is 1. The molecule has 0 aromatic heterocycles. The van der Waals surface area contributed by atoms with Gasteiger partial charge in [-0.3, -0.25) is 4.79 Å². The molecule has 84 valence electrons. The summed E-state index contributed by atoms with van der Waals surface area (Å²) < 4.78 is 0. The normalized spacial score (nSPS) is 21.4. The van der Waals surface area contributed by atoms with Crippen LogP contribution in [0.4, 0.5) is 0 Å². The monoisotopic (exact) mass is 207 g/mol. The first kappa shape index (κ1) is 12.1. The van der Waals surface area contributed by atoms with Gasteiger partial charge in [0.15, 0.2) is 0 Å². The number of hydrogen-bond acceptors (Lipinski definition) is 1. The minimum atomic E-state index is 0.132. The maximum Gasteiger partial charge on any atom is 0.224 e. The van der Waals surface area contributed by atoms with Gasteiger partial charge < -0.3 is 5.32 Å². The predicted octanol–water partition coefficient (Wildman–Crippen LogP) is 2.20. The highest BCUT2D eigenvalue weighted by Gasteiger charge is 2.68. The molecule has 1 N–H and O–H groups in total.